The van der Waals surface area contributed by atoms with Crippen LogP contribution in [0.15, 0.2) is 48.7 Å². The summed E-state index contributed by atoms with van der Waals surface area (Å²) in [5, 5.41) is 3.45. The van der Waals surface area contributed by atoms with Crippen LogP contribution in [0.25, 0.3) is 0 Å². The Morgan fingerprint density at radius 1 is 1.28 bits per heavy atom. The Labute approximate surface area is 152 Å². The van der Waals surface area contributed by atoms with Crippen molar-refractivity contribution in [2.45, 2.75) is 19.9 Å². The van der Waals surface area contributed by atoms with Gasteiger partial charge in [-0.25, -0.2) is 4.98 Å². The van der Waals surface area contributed by atoms with Crippen LogP contribution in [-0.2, 0) is 16.1 Å². The van der Waals surface area contributed by atoms with Crippen molar-refractivity contribution in [3.63, 3.8) is 0 Å². The van der Waals surface area contributed by atoms with Gasteiger partial charge < -0.3 is 5.32 Å². The summed E-state index contributed by atoms with van der Waals surface area (Å²) in [5.74, 6) is 0.316. The van der Waals surface area contributed by atoms with Crippen molar-refractivity contribution in [3.8, 4) is 0 Å². The summed E-state index contributed by atoms with van der Waals surface area (Å²) in [6.45, 7) is 2.72. The minimum atomic E-state index is -0.257. The molecule has 6 heteroatoms. The molecule has 3 rings (SSSR count). The summed E-state index contributed by atoms with van der Waals surface area (Å²) in [6, 6.07) is 12.9. The molecular weight excluding hydrogens is 338 g/mol. The molecule has 0 aliphatic carbocycles. The number of hydrogen-bond donors (Lipinski definition) is 1. The van der Waals surface area contributed by atoms with Gasteiger partial charge in [0.2, 0.25) is 11.8 Å². The van der Waals surface area contributed by atoms with Gasteiger partial charge in [-0.05, 0) is 35.7 Å². The number of aromatic nitrogens is 1. The number of benzene rings is 1. The number of amides is 2. The lowest BCUT2D eigenvalue weighted by molar-refractivity contribution is -0.129. The Hall–Kier alpha value is -2.40. The van der Waals surface area contributed by atoms with Crippen LogP contribution in [0, 0.1) is 11.8 Å². The SMILES string of the molecule is CC1CC(=O)NCC1C(=O)N(Cc1ccc(Cl)cc1)c1ccccn1. The van der Waals surface area contributed by atoms with Crippen LogP contribution in [0.2, 0.25) is 5.02 Å². The Kier molecular flexibility index (Phi) is 5.34. The number of pyridine rings is 1. The topological polar surface area (TPSA) is 62.3 Å². The van der Waals surface area contributed by atoms with E-state index < -0.39 is 0 Å². The Bertz CT molecular complexity index is 749. The minimum absolute atomic E-state index is 0.00126. The fourth-order valence-electron chi connectivity index (χ4n) is 3.02. The highest BCUT2D eigenvalue weighted by molar-refractivity contribution is 6.30. The normalized spacial score (nSPS) is 20.0. The van der Waals surface area contributed by atoms with E-state index in [-0.39, 0.29) is 23.7 Å². The molecule has 1 fully saturated rings. The molecular formula is C19H20ClN3O2. The predicted octanol–water partition coefficient (Wildman–Crippen LogP) is 3.04. The van der Waals surface area contributed by atoms with Gasteiger partial charge in [0.15, 0.2) is 0 Å². The molecule has 2 unspecified atom stereocenters. The second kappa shape index (κ2) is 7.66. The van der Waals surface area contributed by atoms with Gasteiger partial charge in [-0.3, -0.25) is 14.5 Å². The Balaban J connectivity index is 1.87. The first-order valence-electron chi connectivity index (χ1n) is 8.28. The highest BCUT2D eigenvalue weighted by Gasteiger charge is 2.34. The number of piperidine rings is 1. The predicted molar refractivity (Wildman–Crippen MR) is 97.2 cm³/mol. The smallest absolute Gasteiger partial charge is 0.233 e. The van der Waals surface area contributed by atoms with E-state index in [1.807, 2.05) is 37.3 Å². The van der Waals surface area contributed by atoms with Crippen molar-refractivity contribution >= 4 is 29.2 Å². The van der Waals surface area contributed by atoms with Crippen molar-refractivity contribution < 1.29 is 9.59 Å². The number of anilines is 1. The fourth-order valence-corrected chi connectivity index (χ4v) is 3.15. The molecule has 1 saturated heterocycles. The van der Waals surface area contributed by atoms with E-state index >= 15 is 0 Å². The molecule has 0 bridgehead atoms. The lowest BCUT2D eigenvalue weighted by Crippen LogP contribution is -2.48. The molecule has 130 valence electrons. The lowest BCUT2D eigenvalue weighted by atomic mass is 9.86. The highest BCUT2D eigenvalue weighted by Crippen LogP contribution is 2.25. The quantitative estimate of drug-likeness (QED) is 0.914. The van der Waals surface area contributed by atoms with Gasteiger partial charge in [0.05, 0.1) is 12.5 Å². The number of hydrogen-bond acceptors (Lipinski definition) is 3. The Morgan fingerprint density at radius 3 is 2.68 bits per heavy atom. The molecule has 1 N–H and O–H groups in total. The average Bonchev–Trinajstić information content (AvgIpc) is 2.61. The van der Waals surface area contributed by atoms with Gasteiger partial charge in [0.25, 0.3) is 0 Å². The first-order chi connectivity index (χ1) is 12.0. The average molecular weight is 358 g/mol. The van der Waals surface area contributed by atoms with Gasteiger partial charge >= 0.3 is 0 Å². The third-order valence-corrected chi connectivity index (χ3v) is 4.73. The fraction of sp³-hybridized carbons (Fsp3) is 0.316. The van der Waals surface area contributed by atoms with Crippen LogP contribution in [0.3, 0.4) is 0 Å². The molecule has 0 spiro atoms. The zero-order valence-corrected chi connectivity index (χ0v) is 14.7. The first kappa shape index (κ1) is 17.4. The van der Waals surface area contributed by atoms with E-state index in [4.69, 9.17) is 11.6 Å². The Morgan fingerprint density at radius 2 is 2.04 bits per heavy atom. The van der Waals surface area contributed by atoms with Gasteiger partial charge in [0.1, 0.15) is 5.82 Å². The highest BCUT2D eigenvalue weighted by atomic mass is 35.5. The number of halogens is 1. The van der Waals surface area contributed by atoms with E-state index in [9.17, 15) is 9.59 Å². The van der Waals surface area contributed by atoms with Crippen LogP contribution >= 0.6 is 11.6 Å². The largest absolute Gasteiger partial charge is 0.355 e. The molecule has 1 aliphatic rings. The van der Waals surface area contributed by atoms with Crippen molar-refractivity contribution in [2.24, 2.45) is 11.8 Å². The molecule has 1 aromatic heterocycles. The standard InChI is InChI=1S/C19H20ClN3O2/c1-13-10-18(24)22-11-16(13)19(25)23(17-4-2-3-9-21-17)12-14-5-7-15(20)8-6-14/h2-9,13,16H,10-12H2,1H3,(H,22,24). The van der Waals surface area contributed by atoms with Gasteiger partial charge in [-0.2, -0.15) is 0 Å². The second-order valence-electron chi connectivity index (χ2n) is 6.33. The summed E-state index contributed by atoms with van der Waals surface area (Å²) in [6.07, 6.45) is 2.04. The van der Waals surface area contributed by atoms with E-state index in [1.54, 1.807) is 23.2 Å². The van der Waals surface area contributed by atoms with Crippen LogP contribution < -0.4 is 10.2 Å². The monoisotopic (exact) mass is 357 g/mol. The van der Waals surface area contributed by atoms with E-state index in [0.29, 0.717) is 30.4 Å². The molecule has 2 aromatic rings. The van der Waals surface area contributed by atoms with Crippen molar-refractivity contribution in [3.05, 3.63) is 59.2 Å². The number of carbonyl (C=O) groups excluding carboxylic acids is 2. The van der Waals surface area contributed by atoms with Gasteiger partial charge in [-0.15, -0.1) is 0 Å². The van der Waals surface area contributed by atoms with Crippen molar-refractivity contribution in [1.82, 2.24) is 10.3 Å². The molecule has 25 heavy (non-hydrogen) atoms. The van der Waals surface area contributed by atoms with E-state index in [2.05, 4.69) is 10.3 Å². The summed E-state index contributed by atoms with van der Waals surface area (Å²) < 4.78 is 0. The van der Waals surface area contributed by atoms with Gasteiger partial charge in [-0.1, -0.05) is 36.7 Å². The van der Waals surface area contributed by atoms with E-state index in [1.165, 1.54) is 0 Å². The number of rotatable bonds is 4. The summed E-state index contributed by atoms with van der Waals surface area (Å²) in [5.41, 5.74) is 0.968. The molecule has 0 saturated carbocycles. The maximum absolute atomic E-state index is 13.2. The minimum Gasteiger partial charge on any atom is -0.355 e. The van der Waals surface area contributed by atoms with Crippen LogP contribution in [0.4, 0.5) is 5.82 Å². The first-order valence-corrected chi connectivity index (χ1v) is 8.66. The third-order valence-electron chi connectivity index (χ3n) is 4.48. The molecule has 2 atom stereocenters. The maximum atomic E-state index is 13.2. The lowest BCUT2D eigenvalue weighted by Gasteiger charge is -2.32. The van der Waals surface area contributed by atoms with Crippen molar-refractivity contribution in [1.29, 1.82) is 0 Å². The van der Waals surface area contributed by atoms with E-state index in [0.717, 1.165) is 5.56 Å². The second-order valence-corrected chi connectivity index (χ2v) is 6.77. The number of carbonyl (C=O) groups is 2. The maximum Gasteiger partial charge on any atom is 0.233 e. The van der Waals surface area contributed by atoms with Crippen LogP contribution in [0.5, 0.6) is 0 Å². The zero-order chi connectivity index (χ0) is 17.8. The zero-order valence-electron chi connectivity index (χ0n) is 14.0. The molecule has 0 radical (unpaired) electrons. The molecule has 5 nitrogen and oxygen atoms in total. The summed E-state index contributed by atoms with van der Waals surface area (Å²) >= 11 is 5.95. The number of nitrogens with one attached hydrogen (secondary N) is 1. The molecule has 1 aliphatic heterocycles. The van der Waals surface area contributed by atoms with Gasteiger partial charge in [0, 0.05) is 24.2 Å². The summed E-state index contributed by atoms with van der Waals surface area (Å²) in [4.78, 5) is 30.8. The summed E-state index contributed by atoms with van der Waals surface area (Å²) in [7, 11) is 0. The molecule has 2 heterocycles. The number of nitrogens with zero attached hydrogens (tertiary/aromatic N) is 2. The van der Waals surface area contributed by atoms with Crippen LogP contribution in [-0.4, -0.2) is 23.3 Å². The molecule has 1 aromatic carbocycles. The molecule has 2 amide bonds. The third kappa shape index (κ3) is 4.17. The van der Waals surface area contributed by atoms with Crippen molar-refractivity contribution in [2.75, 3.05) is 11.4 Å². The van der Waals surface area contributed by atoms with Crippen LogP contribution in [0.1, 0.15) is 18.9 Å².